The molecule has 0 spiro atoms. The molecule has 1 aliphatic heterocycles. The monoisotopic (exact) mass is 475 g/mol. The minimum absolute atomic E-state index is 0.0844. The second-order valence-electron chi connectivity index (χ2n) is 9.82. The quantitative estimate of drug-likeness (QED) is 0.477. The van der Waals surface area contributed by atoms with Gasteiger partial charge < -0.3 is 19.5 Å². The standard InChI is InChI=1S/C25H37N3O6/c1-25(2,3)34-23(30)26-13-14-27-15-16-28(24(31)32-18-19-9-5-4-6-10-19)21(17-27)22(29)33-20-11-7-8-12-20/h4-6,9-10,20-21H,7-8,11-18H2,1-3H3,(H,26,30). The summed E-state index contributed by atoms with van der Waals surface area (Å²) >= 11 is 0. The lowest BCUT2D eigenvalue weighted by atomic mass is 10.1. The highest BCUT2D eigenvalue weighted by molar-refractivity contribution is 5.82. The molecule has 1 aromatic rings. The van der Waals surface area contributed by atoms with Crippen LogP contribution in [0.15, 0.2) is 30.3 Å². The molecule has 1 aromatic carbocycles. The third kappa shape index (κ3) is 8.20. The van der Waals surface area contributed by atoms with Gasteiger partial charge in [-0.05, 0) is 52.0 Å². The van der Waals surface area contributed by atoms with Crippen LogP contribution in [0, 0.1) is 0 Å². The Kier molecular flexibility index (Phi) is 9.15. The molecule has 1 saturated heterocycles. The molecule has 3 rings (SSSR count). The van der Waals surface area contributed by atoms with Crippen molar-refractivity contribution in [2.24, 2.45) is 0 Å². The third-order valence-corrected chi connectivity index (χ3v) is 5.86. The number of esters is 1. The predicted molar refractivity (Wildman–Crippen MR) is 126 cm³/mol. The van der Waals surface area contributed by atoms with Gasteiger partial charge >= 0.3 is 18.2 Å². The fraction of sp³-hybridized carbons (Fsp3) is 0.640. The summed E-state index contributed by atoms with van der Waals surface area (Å²) in [6.07, 6.45) is 2.73. The van der Waals surface area contributed by atoms with E-state index in [0.717, 1.165) is 31.2 Å². The number of benzene rings is 1. The lowest BCUT2D eigenvalue weighted by Gasteiger charge is -2.39. The van der Waals surface area contributed by atoms with Gasteiger partial charge in [-0.15, -0.1) is 0 Å². The Morgan fingerprint density at radius 1 is 1.06 bits per heavy atom. The molecule has 9 heteroatoms. The molecule has 1 N–H and O–H groups in total. The van der Waals surface area contributed by atoms with Gasteiger partial charge in [0, 0.05) is 32.7 Å². The highest BCUT2D eigenvalue weighted by atomic mass is 16.6. The molecule has 1 saturated carbocycles. The molecule has 34 heavy (non-hydrogen) atoms. The summed E-state index contributed by atoms with van der Waals surface area (Å²) < 4.78 is 16.5. The second-order valence-corrected chi connectivity index (χ2v) is 9.82. The van der Waals surface area contributed by atoms with Gasteiger partial charge in [0.1, 0.15) is 24.4 Å². The van der Waals surface area contributed by atoms with Crippen LogP contribution >= 0.6 is 0 Å². The van der Waals surface area contributed by atoms with E-state index >= 15 is 0 Å². The van der Waals surface area contributed by atoms with Gasteiger partial charge in [0.05, 0.1) is 0 Å². The number of nitrogens with zero attached hydrogens (tertiary/aromatic N) is 2. The Hall–Kier alpha value is -2.81. The van der Waals surface area contributed by atoms with Crippen LogP contribution in [-0.2, 0) is 25.6 Å². The van der Waals surface area contributed by atoms with E-state index in [1.807, 2.05) is 56.0 Å². The normalized spacial score (nSPS) is 19.5. The minimum Gasteiger partial charge on any atom is -0.461 e. The minimum atomic E-state index is -0.751. The van der Waals surface area contributed by atoms with Crippen LogP contribution in [-0.4, -0.2) is 78.4 Å². The SMILES string of the molecule is CC(C)(C)OC(=O)NCCN1CCN(C(=O)OCc2ccccc2)C(C(=O)OC2CCCC2)C1. The molecule has 0 bridgehead atoms. The zero-order valence-corrected chi connectivity index (χ0v) is 20.5. The number of rotatable bonds is 7. The first-order chi connectivity index (χ1) is 16.2. The number of piperazine rings is 1. The van der Waals surface area contributed by atoms with Crippen molar-refractivity contribution in [1.29, 1.82) is 0 Å². The molecule has 2 amide bonds. The number of nitrogens with one attached hydrogen (secondary N) is 1. The summed E-state index contributed by atoms with van der Waals surface area (Å²) in [4.78, 5) is 41.3. The van der Waals surface area contributed by atoms with E-state index in [9.17, 15) is 14.4 Å². The lowest BCUT2D eigenvalue weighted by Crippen LogP contribution is -2.59. The molecule has 1 heterocycles. The molecule has 2 aliphatic rings. The highest BCUT2D eigenvalue weighted by Gasteiger charge is 2.38. The zero-order chi connectivity index (χ0) is 24.6. The number of amides is 2. The average Bonchev–Trinajstić information content (AvgIpc) is 3.30. The first-order valence-electron chi connectivity index (χ1n) is 12.1. The Morgan fingerprint density at radius 2 is 1.76 bits per heavy atom. The largest absolute Gasteiger partial charge is 0.461 e. The van der Waals surface area contributed by atoms with E-state index in [0.29, 0.717) is 32.7 Å². The van der Waals surface area contributed by atoms with E-state index in [4.69, 9.17) is 14.2 Å². The van der Waals surface area contributed by atoms with Crippen LogP contribution < -0.4 is 5.32 Å². The molecule has 1 aliphatic carbocycles. The summed E-state index contributed by atoms with van der Waals surface area (Å²) in [6, 6.07) is 8.68. The number of ether oxygens (including phenoxy) is 3. The Labute approximate surface area is 201 Å². The van der Waals surface area contributed by atoms with Crippen molar-refractivity contribution in [3.8, 4) is 0 Å². The number of carbonyl (C=O) groups is 3. The molecular weight excluding hydrogens is 438 g/mol. The number of hydrogen-bond acceptors (Lipinski definition) is 7. The summed E-state index contributed by atoms with van der Waals surface area (Å²) in [5.74, 6) is -0.395. The van der Waals surface area contributed by atoms with Gasteiger partial charge in [0.25, 0.3) is 0 Å². The van der Waals surface area contributed by atoms with Crippen LogP contribution in [0.25, 0.3) is 0 Å². The molecule has 1 atom stereocenters. The fourth-order valence-corrected chi connectivity index (χ4v) is 4.14. The van der Waals surface area contributed by atoms with Crippen molar-refractivity contribution in [1.82, 2.24) is 15.1 Å². The summed E-state index contributed by atoms with van der Waals surface area (Å²) in [7, 11) is 0. The molecule has 0 radical (unpaired) electrons. The topological polar surface area (TPSA) is 97.4 Å². The second kappa shape index (κ2) is 12.1. The van der Waals surface area contributed by atoms with Gasteiger partial charge in [-0.3, -0.25) is 9.80 Å². The van der Waals surface area contributed by atoms with Crippen molar-refractivity contribution in [3.63, 3.8) is 0 Å². The maximum Gasteiger partial charge on any atom is 0.410 e. The molecule has 0 aromatic heterocycles. The van der Waals surface area contributed by atoms with E-state index < -0.39 is 29.8 Å². The van der Waals surface area contributed by atoms with Crippen molar-refractivity contribution in [3.05, 3.63) is 35.9 Å². The highest BCUT2D eigenvalue weighted by Crippen LogP contribution is 2.23. The first-order valence-corrected chi connectivity index (χ1v) is 12.1. The maximum absolute atomic E-state index is 13.0. The van der Waals surface area contributed by atoms with Crippen LogP contribution in [0.5, 0.6) is 0 Å². The summed E-state index contributed by atoms with van der Waals surface area (Å²) in [6.45, 7) is 7.69. The van der Waals surface area contributed by atoms with Crippen molar-refractivity contribution in [2.75, 3.05) is 32.7 Å². The predicted octanol–water partition coefficient (Wildman–Crippen LogP) is 3.32. The lowest BCUT2D eigenvalue weighted by molar-refractivity contribution is -0.157. The first kappa shape index (κ1) is 25.8. The van der Waals surface area contributed by atoms with Gasteiger partial charge in [-0.25, -0.2) is 14.4 Å². The number of alkyl carbamates (subject to hydrolysis) is 1. The van der Waals surface area contributed by atoms with Crippen LogP contribution in [0.2, 0.25) is 0 Å². The average molecular weight is 476 g/mol. The molecule has 9 nitrogen and oxygen atoms in total. The zero-order valence-electron chi connectivity index (χ0n) is 20.5. The molecule has 188 valence electrons. The Bertz CT molecular complexity index is 820. The third-order valence-electron chi connectivity index (χ3n) is 5.86. The van der Waals surface area contributed by atoms with Crippen LogP contribution in [0.4, 0.5) is 9.59 Å². The fourth-order valence-electron chi connectivity index (χ4n) is 4.14. The number of carbonyl (C=O) groups excluding carboxylic acids is 3. The van der Waals surface area contributed by atoms with Gasteiger partial charge in [-0.1, -0.05) is 30.3 Å². The van der Waals surface area contributed by atoms with Gasteiger partial charge in [0.15, 0.2) is 0 Å². The van der Waals surface area contributed by atoms with E-state index in [1.165, 1.54) is 4.90 Å². The molecule has 1 unspecified atom stereocenters. The van der Waals surface area contributed by atoms with Crippen molar-refractivity contribution >= 4 is 18.2 Å². The smallest absolute Gasteiger partial charge is 0.410 e. The summed E-state index contributed by atoms with van der Waals surface area (Å²) in [5, 5.41) is 2.74. The number of hydrogen-bond donors (Lipinski definition) is 1. The van der Waals surface area contributed by atoms with E-state index in [1.54, 1.807) is 0 Å². The maximum atomic E-state index is 13.0. The van der Waals surface area contributed by atoms with Crippen molar-refractivity contribution in [2.45, 2.75) is 70.8 Å². The van der Waals surface area contributed by atoms with E-state index in [2.05, 4.69) is 5.32 Å². The van der Waals surface area contributed by atoms with Crippen LogP contribution in [0.1, 0.15) is 52.0 Å². The molecular formula is C25H37N3O6. The van der Waals surface area contributed by atoms with Gasteiger partial charge in [-0.2, -0.15) is 0 Å². The summed E-state index contributed by atoms with van der Waals surface area (Å²) in [5.41, 5.74) is 0.318. The van der Waals surface area contributed by atoms with E-state index in [-0.39, 0.29) is 12.7 Å². The van der Waals surface area contributed by atoms with Crippen LogP contribution in [0.3, 0.4) is 0 Å². The molecule has 2 fully saturated rings. The van der Waals surface area contributed by atoms with Crippen molar-refractivity contribution < 1.29 is 28.6 Å². The Balaban J connectivity index is 1.56. The Morgan fingerprint density at radius 3 is 2.44 bits per heavy atom. The van der Waals surface area contributed by atoms with Gasteiger partial charge in [0.2, 0.25) is 0 Å².